The molecule has 2 aromatic carbocycles. The second-order valence-corrected chi connectivity index (χ2v) is 9.02. The molecule has 2 amide bonds. The Kier molecular flexibility index (Phi) is 7.62. The number of methoxy groups -OCH3 is 1. The molecule has 1 heterocycles. The standard InChI is InChI=1S/C26H28N2O4S/c1-31-19-11-13-20(14-12-19)32-17-23(29)28-26-24(21-9-5-6-10-22(21)33-26)25(30)27-16-15-18-7-3-2-4-8-18/h2-4,7-8,11-14H,5-6,9-10,15-17H2,1H3,(H,27,30)(H,28,29). The molecule has 172 valence electrons. The fraction of sp³-hybridized carbons (Fsp3) is 0.308. The molecule has 1 aliphatic carbocycles. The van der Waals surface area contributed by atoms with Crippen LogP contribution >= 0.6 is 11.3 Å². The molecule has 1 aromatic heterocycles. The average Bonchev–Trinajstić information content (AvgIpc) is 3.21. The van der Waals surface area contributed by atoms with Crippen LogP contribution in [0.2, 0.25) is 0 Å². The van der Waals surface area contributed by atoms with Gasteiger partial charge in [-0.3, -0.25) is 9.59 Å². The molecule has 0 aliphatic heterocycles. The van der Waals surface area contributed by atoms with Gasteiger partial charge in [-0.2, -0.15) is 0 Å². The predicted molar refractivity (Wildman–Crippen MR) is 131 cm³/mol. The van der Waals surface area contributed by atoms with E-state index in [1.807, 2.05) is 30.3 Å². The average molecular weight is 465 g/mol. The number of hydrogen-bond donors (Lipinski definition) is 2. The number of anilines is 1. The zero-order valence-corrected chi connectivity index (χ0v) is 19.5. The topological polar surface area (TPSA) is 76.7 Å². The van der Waals surface area contributed by atoms with E-state index in [-0.39, 0.29) is 18.4 Å². The maximum Gasteiger partial charge on any atom is 0.262 e. The third kappa shape index (κ3) is 5.93. The van der Waals surface area contributed by atoms with Crippen molar-refractivity contribution in [3.05, 3.63) is 76.2 Å². The van der Waals surface area contributed by atoms with Crippen LogP contribution in [-0.4, -0.2) is 32.1 Å². The number of amides is 2. The first-order chi connectivity index (χ1) is 16.1. The maximum atomic E-state index is 13.1. The van der Waals surface area contributed by atoms with E-state index in [4.69, 9.17) is 9.47 Å². The van der Waals surface area contributed by atoms with E-state index in [1.165, 1.54) is 21.8 Å². The summed E-state index contributed by atoms with van der Waals surface area (Å²) in [6.45, 7) is 0.408. The van der Waals surface area contributed by atoms with Crippen molar-refractivity contribution in [3.8, 4) is 11.5 Å². The Morgan fingerprint density at radius 3 is 2.45 bits per heavy atom. The van der Waals surface area contributed by atoms with Gasteiger partial charge in [-0.05, 0) is 67.5 Å². The van der Waals surface area contributed by atoms with E-state index in [1.54, 1.807) is 31.4 Å². The minimum Gasteiger partial charge on any atom is -0.497 e. The van der Waals surface area contributed by atoms with E-state index in [0.717, 1.165) is 43.4 Å². The fourth-order valence-electron chi connectivity index (χ4n) is 3.93. The first kappa shape index (κ1) is 22.9. The van der Waals surface area contributed by atoms with Crippen molar-refractivity contribution in [2.24, 2.45) is 0 Å². The van der Waals surface area contributed by atoms with Gasteiger partial charge in [0.15, 0.2) is 6.61 Å². The molecule has 2 N–H and O–H groups in total. The lowest BCUT2D eigenvalue weighted by Gasteiger charge is -2.13. The molecule has 0 radical (unpaired) electrons. The van der Waals surface area contributed by atoms with Crippen LogP contribution < -0.4 is 20.1 Å². The van der Waals surface area contributed by atoms with Crippen molar-refractivity contribution in [2.75, 3.05) is 25.6 Å². The summed E-state index contributed by atoms with van der Waals surface area (Å²) < 4.78 is 10.7. The highest BCUT2D eigenvalue weighted by Crippen LogP contribution is 2.38. The molecule has 0 fully saturated rings. The number of carbonyl (C=O) groups is 2. The van der Waals surface area contributed by atoms with E-state index in [9.17, 15) is 9.59 Å². The third-order valence-electron chi connectivity index (χ3n) is 5.62. The summed E-state index contributed by atoms with van der Waals surface area (Å²) in [6.07, 6.45) is 4.74. The van der Waals surface area contributed by atoms with Crippen LogP contribution in [0, 0.1) is 0 Å². The molecule has 4 rings (SSSR count). The van der Waals surface area contributed by atoms with E-state index < -0.39 is 0 Å². The maximum absolute atomic E-state index is 13.1. The van der Waals surface area contributed by atoms with E-state index >= 15 is 0 Å². The Balaban J connectivity index is 1.40. The summed E-state index contributed by atoms with van der Waals surface area (Å²) in [6, 6.07) is 17.1. The zero-order chi connectivity index (χ0) is 23.0. The van der Waals surface area contributed by atoms with Crippen molar-refractivity contribution in [3.63, 3.8) is 0 Å². The van der Waals surface area contributed by atoms with Crippen LogP contribution in [0.25, 0.3) is 0 Å². The summed E-state index contributed by atoms with van der Waals surface area (Å²) in [7, 11) is 1.60. The van der Waals surface area contributed by atoms with Crippen molar-refractivity contribution in [1.82, 2.24) is 5.32 Å². The number of ether oxygens (including phenoxy) is 2. The number of thiophene rings is 1. The number of hydrogen-bond acceptors (Lipinski definition) is 5. The summed E-state index contributed by atoms with van der Waals surface area (Å²) in [5.41, 5.74) is 2.87. The molecule has 1 aliphatic rings. The third-order valence-corrected chi connectivity index (χ3v) is 6.83. The Labute approximate surface area is 197 Å². The first-order valence-electron chi connectivity index (χ1n) is 11.2. The molecule has 0 spiro atoms. The highest BCUT2D eigenvalue weighted by atomic mass is 32.1. The van der Waals surface area contributed by atoms with Crippen LogP contribution in [0.3, 0.4) is 0 Å². The molecule has 7 heteroatoms. The number of rotatable bonds is 9. The molecule has 0 saturated carbocycles. The first-order valence-corrected chi connectivity index (χ1v) is 12.0. The van der Waals surface area contributed by atoms with Crippen molar-refractivity contribution >= 4 is 28.2 Å². The Bertz CT molecular complexity index is 1090. The highest BCUT2D eigenvalue weighted by molar-refractivity contribution is 7.17. The van der Waals surface area contributed by atoms with Gasteiger partial charge in [0.1, 0.15) is 16.5 Å². The number of nitrogens with one attached hydrogen (secondary N) is 2. The normalized spacial score (nSPS) is 12.5. The van der Waals surface area contributed by atoms with Crippen LogP contribution in [-0.2, 0) is 24.1 Å². The van der Waals surface area contributed by atoms with Gasteiger partial charge in [-0.1, -0.05) is 30.3 Å². The van der Waals surface area contributed by atoms with Crippen LogP contribution in [0.5, 0.6) is 11.5 Å². The summed E-state index contributed by atoms with van der Waals surface area (Å²) >= 11 is 1.51. The van der Waals surface area contributed by atoms with E-state index in [0.29, 0.717) is 22.9 Å². The smallest absolute Gasteiger partial charge is 0.262 e. The lowest BCUT2D eigenvalue weighted by Crippen LogP contribution is -2.28. The van der Waals surface area contributed by atoms with Gasteiger partial charge in [0.25, 0.3) is 11.8 Å². The molecular weight excluding hydrogens is 436 g/mol. The quantitative estimate of drug-likeness (QED) is 0.484. The van der Waals surface area contributed by atoms with Gasteiger partial charge >= 0.3 is 0 Å². The highest BCUT2D eigenvalue weighted by Gasteiger charge is 2.26. The van der Waals surface area contributed by atoms with Gasteiger partial charge < -0.3 is 20.1 Å². The molecule has 33 heavy (non-hydrogen) atoms. The second-order valence-electron chi connectivity index (χ2n) is 7.92. The van der Waals surface area contributed by atoms with Gasteiger partial charge in [0.2, 0.25) is 0 Å². The number of aryl methyl sites for hydroxylation is 1. The largest absolute Gasteiger partial charge is 0.497 e. The van der Waals surface area contributed by atoms with Gasteiger partial charge in [0, 0.05) is 11.4 Å². The molecule has 6 nitrogen and oxygen atoms in total. The number of carbonyl (C=O) groups excluding carboxylic acids is 2. The minimum atomic E-state index is -0.289. The fourth-order valence-corrected chi connectivity index (χ4v) is 5.23. The SMILES string of the molecule is COc1ccc(OCC(=O)Nc2sc3c(c2C(=O)NCCc2ccccc2)CCCC3)cc1. The molecular formula is C26H28N2O4S. The van der Waals surface area contributed by atoms with Gasteiger partial charge in [-0.15, -0.1) is 11.3 Å². The van der Waals surface area contributed by atoms with E-state index in [2.05, 4.69) is 10.6 Å². The summed E-state index contributed by atoms with van der Waals surface area (Å²) in [5, 5.41) is 6.57. The van der Waals surface area contributed by atoms with Gasteiger partial charge in [-0.25, -0.2) is 0 Å². The van der Waals surface area contributed by atoms with Crippen molar-refractivity contribution < 1.29 is 19.1 Å². The van der Waals surface area contributed by atoms with Crippen molar-refractivity contribution in [1.29, 1.82) is 0 Å². The van der Waals surface area contributed by atoms with Gasteiger partial charge in [0.05, 0.1) is 12.7 Å². The molecule has 0 unspecified atom stereocenters. The van der Waals surface area contributed by atoms with Crippen molar-refractivity contribution in [2.45, 2.75) is 32.1 Å². The van der Waals surface area contributed by atoms with Crippen LogP contribution in [0.1, 0.15) is 39.2 Å². The number of benzene rings is 2. The lowest BCUT2D eigenvalue weighted by atomic mass is 9.95. The Morgan fingerprint density at radius 1 is 0.970 bits per heavy atom. The zero-order valence-electron chi connectivity index (χ0n) is 18.7. The Hall–Kier alpha value is -3.32. The predicted octanol–water partition coefficient (Wildman–Crippen LogP) is 4.63. The minimum absolute atomic E-state index is 0.128. The second kappa shape index (κ2) is 11.0. The van der Waals surface area contributed by atoms with Crippen LogP contribution in [0.4, 0.5) is 5.00 Å². The molecule has 3 aromatic rings. The Morgan fingerprint density at radius 2 is 1.70 bits per heavy atom. The molecule has 0 saturated heterocycles. The monoisotopic (exact) mass is 464 g/mol. The summed E-state index contributed by atoms with van der Waals surface area (Å²) in [5.74, 6) is 0.883. The van der Waals surface area contributed by atoms with Crippen LogP contribution in [0.15, 0.2) is 54.6 Å². The molecule has 0 atom stereocenters. The number of fused-ring (bicyclic) bond motifs is 1. The summed E-state index contributed by atoms with van der Waals surface area (Å²) in [4.78, 5) is 26.9. The lowest BCUT2D eigenvalue weighted by molar-refractivity contribution is -0.118. The molecule has 0 bridgehead atoms.